The molecule has 0 spiro atoms. The Morgan fingerprint density at radius 1 is 1.20 bits per heavy atom. The van der Waals surface area contributed by atoms with Gasteiger partial charge in [-0.05, 0) is 25.8 Å². The minimum atomic E-state index is -1.17. The van der Waals surface area contributed by atoms with Gasteiger partial charge in [-0.25, -0.2) is 0 Å². The second-order valence-electron chi connectivity index (χ2n) is 6.77. The molecule has 25 heavy (non-hydrogen) atoms. The van der Waals surface area contributed by atoms with Crippen molar-refractivity contribution in [2.24, 2.45) is 11.8 Å². The van der Waals surface area contributed by atoms with Crippen molar-refractivity contribution in [3.63, 3.8) is 0 Å². The molecule has 2 fully saturated rings. The van der Waals surface area contributed by atoms with Gasteiger partial charge in [0.1, 0.15) is 5.54 Å². The van der Waals surface area contributed by atoms with E-state index in [0.29, 0.717) is 13.0 Å². The summed E-state index contributed by atoms with van der Waals surface area (Å²) in [7, 11) is 1.31. The molecule has 1 aromatic rings. The fraction of sp³-hybridized carbons (Fsp3) is 0.526. The van der Waals surface area contributed by atoms with E-state index in [2.05, 4.69) is 5.32 Å². The fourth-order valence-corrected chi connectivity index (χ4v) is 4.27. The van der Waals surface area contributed by atoms with E-state index in [1.54, 1.807) is 6.92 Å². The molecule has 0 saturated carbocycles. The molecule has 134 valence electrons. The number of rotatable bonds is 4. The summed E-state index contributed by atoms with van der Waals surface area (Å²) >= 11 is 0. The number of hydrogen-bond donors (Lipinski definition) is 1. The first-order chi connectivity index (χ1) is 11.9. The second kappa shape index (κ2) is 6.26. The number of aryl methyl sites for hydroxylation is 1. The molecular formula is C19H24N2O4. The van der Waals surface area contributed by atoms with Crippen molar-refractivity contribution in [2.75, 3.05) is 13.7 Å². The number of esters is 1. The quantitative estimate of drug-likeness (QED) is 0.663. The number of carbonyl (C=O) groups is 3. The molecule has 0 bridgehead atoms. The first-order valence-electron chi connectivity index (χ1n) is 8.69. The monoisotopic (exact) mass is 344 g/mol. The summed E-state index contributed by atoms with van der Waals surface area (Å²) < 4.78 is 5.01. The topological polar surface area (TPSA) is 75.7 Å². The van der Waals surface area contributed by atoms with E-state index >= 15 is 0 Å². The Balaban J connectivity index is 2.13. The van der Waals surface area contributed by atoms with E-state index in [0.717, 1.165) is 11.1 Å². The van der Waals surface area contributed by atoms with Gasteiger partial charge in [0.25, 0.3) is 0 Å². The molecule has 2 saturated heterocycles. The zero-order valence-corrected chi connectivity index (χ0v) is 15.0. The van der Waals surface area contributed by atoms with E-state index in [1.165, 1.54) is 12.0 Å². The standard InChI is InChI=1S/C19H24N2O4/c1-5-19(18(24)25-4)14-13(16(22)21(6-2)17(14)23)15(20-19)12-9-7-11(3)8-10-12/h7-10,13-15,20H,5-6H2,1-4H3. The van der Waals surface area contributed by atoms with Crippen molar-refractivity contribution in [1.29, 1.82) is 0 Å². The van der Waals surface area contributed by atoms with Crippen LogP contribution in [0.5, 0.6) is 0 Å². The first kappa shape index (κ1) is 17.6. The van der Waals surface area contributed by atoms with Gasteiger partial charge in [-0.1, -0.05) is 36.8 Å². The number of carbonyl (C=O) groups excluding carboxylic acids is 3. The van der Waals surface area contributed by atoms with Crippen LogP contribution in [0.25, 0.3) is 0 Å². The van der Waals surface area contributed by atoms with E-state index in [-0.39, 0.29) is 11.8 Å². The number of benzene rings is 1. The largest absolute Gasteiger partial charge is 0.468 e. The molecule has 2 aliphatic heterocycles. The van der Waals surface area contributed by atoms with Gasteiger partial charge in [0.15, 0.2) is 0 Å². The lowest BCUT2D eigenvalue weighted by molar-refractivity contribution is -0.154. The highest BCUT2D eigenvalue weighted by Crippen LogP contribution is 2.50. The summed E-state index contributed by atoms with van der Waals surface area (Å²) in [6, 6.07) is 7.43. The average Bonchev–Trinajstić information content (AvgIpc) is 3.10. The number of nitrogens with one attached hydrogen (secondary N) is 1. The van der Waals surface area contributed by atoms with Gasteiger partial charge < -0.3 is 4.74 Å². The zero-order chi connectivity index (χ0) is 18.4. The van der Waals surface area contributed by atoms with Crippen molar-refractivity contribution in [3.8, 4) is 0 Å². The maximum Gasteiger partial charge on any atom is 0.326 e. The van der Waals surface area contributed by atoms with Crippen LogP contribution in [0.3, 0.4) is 0 Å². The highest BCUT2D eigenvalue weighted by atomic mass is 16.5. The number of fused-ring (bicyclic) bond motifs is 1. The molecule has 6 nitrogen and oxygen atoms in total. The molecule has 0 aromatic heterocycles. The van der Waals surface area contributed by atoms with Crippen LogP contribution in [-0.2, 0) is 19.1 Å². The summed E-state index contributed by atoms with van der Waals surface area (Å²) in [4.78, 5) is 39.7. The Bertz CT molecular complexity index is 715. The van der Waals surface area contributed by atoms with E-state index in [4.69, 9.17) is 4.74 Å². The van der Waals surface area contributed by atoms with Crippen molar-refractivity contribution < 1.29 is 19.1 Å². The summed E-state index contributed by atoms with van der Waals surface area (Å²) in [5, 5.41) is 3.31. The molecular weight excluding hydrogens is 320 g/mol. The number of likely N-dealkylation sites (tertiary alicyclic amines) is 1. The van der Waals surface area contributed by atoms with Crippen LogP contribution in [0.1, 0.15) is 37.4 Å². The molecule has 0 radical (unpaired) electrons. The van der Waals surface area contributed by atoms with Gasteiger partial charge in [-0.15, -0.1) is 0 Å². The predicted molar refractivity (Wildman–Crippen MR) is 91.5 cm³/mol. The molecule has 2 heterocycles. The molecule has 1 N–H and O–H groups in total. The third-order valence-electron chi connectivity index (χ3n) is 5.61. The molecule has 3 rings (SSSR count). The van der Waals surface area contributed by atoms with Gasteiger partial charge in [-0.3, -0.25) is 24.6 Å². The Morgan fingerprint density at radius 3 is 2.36 bits per heavy atom. The van der Waals surface area contributed by atoms with Crippen molar-refractivity contribution in [1.82, 2.24) is 10.2 Å². The highest BCUT2D eigenvalue weighted by Gasteiger charge is 2.67. The number of imide groups is 1. The first-order valence-corrected chi connectivity index (χ1v) is 8.69. The minimum absolute atomic E-state index is 0.213. The summed E-state index contributed by atoms with van der Waals surface area (Å²) in [5.74, 6) is -2.31. The van der Waals surface area contributed by atoms with Crippen molar-refractivity contribution in [3.05, 3.63) is 35.4 Å². The Labute approximate surface area is 147 Å². The number of nitrogens with zero attached hydrogens (tertiary/aromatic N) is 1. The van der Waals surface area contributed by atoms with E-state index in [9.17, 15) is 14.4 Å². The Kier molecular flexibility index (Phi) is 4.41. The van der Waals surface area contributed by atoms with Gasteiger partial charge in [0.05, 0.1) is 18.9 Å². The maximum atomic E-state index is 12.9. The molecule has 1 aromatic carbocycles. The number of hydrogen-bond acceptors (Lipinski definition) is 5. The van der Waals surface area contributed by atoms with Crippen LogP contribution in [0.15, 0.2) is 24.3 Å². The fourth-order valence-electron chi connectivity index (χ4n) is 4.27. The summed E-state index contributed by atoms with van der Waals surface area (Å²) in [6.45, 7) is 5.91. The minimum Gasteiger partial charge on any atom is -0.468 e. The lowest BCUT2D eigenvalue weighted by Gasteiger charge is -2.31. The van der Waals surface area contributed by atoms with Crippen LogP contribution in [-0.4, -0.2) is 41.9 Å². The molecule has 4 atom stereocenters. The van der Waals surface area contributed by atoms with Crippen LogP contribution in [0.4, 0.5) is 0 Å². The van der Waals surface area contributed by atoms with Crippen LogP contribution in [0, 0.1) is 18.8 Å². The average molecular weight is 344 g/mol. The lowest BCUT2D eigenvalue weighted by atomic mass is 9.78. The highest BCUT2D eigenvalue weighted by molar-refractivity contribution is 6.09. The predicted octanol–water partition coefficient (Wildman–Crippen LogP) is 1.58. The van der Waals surface area contributed by atoms with E-state index < -0.39 is 29.4 Å². The smallest absolute Gasteiger partial charge is 0.326 e. The second-order valence-corrected chi connectivity index (χ2v) is 6.77. The number of methoxy groups -OCH3 is 1. The zero-order valence-electron chi connectivity index (χ0n) is 15.0. The van der Waals surface area contributed by atoms with Gasteiger partial charge in [0.2, 0.25) is 11.8 Å². The molecule has 4 unspecified atom stereocenters. The van der Waals surface area contributed by atoms with Gasteiger partial charge in [0, 0.05) is 12.6 Å². The summed E-state index contributed by atoms with van der Waals surface area (Å²) in [5.41, 5.74) is 0.835. The third-order valence-corrected chi connectivity index (χ3v) is 5.61. The van der Waals surface area contributed by atoms with E-state index in [1.807, 2.05) is 38.1 Å². The number of ether oxygens (including phenoxy) is 1. The normalized spacial score (nSPS) is 31.4. The van der Waals surface area contributed by atoms with Crippen LogP contribution < -0.4 is 5.32 Å². The van der Waals surface area contributed by atoms with Crippen LogP contribution in [0.2, 0.25) is 0 Å². The Morgan fingerprint density at radius 2 is 1.84 bits per heavy atom. The molecule has 6 heteroatoms. The third kappa shape index (κ3) is 2.39. The number of amides is 2. The van der Waals surface area contributed by atoms with Crippen molar-refractivity contribution in [2.45, 2.75) is 38.8 Å². The van der Waals surface area contributed by atoms with Crippen LogP contribution >= 0.6 is 0 Å². The molecule has 2 amide bonds. The SMILES string of the molecule is CCN1C(=O)C2C(c3ccc(C)cc3)NC(CC)(C(=O)OC)C2C1=O. The van der Waals surface area contributed by atoms with Crippen molar-refractivity contribution >= 4 is 17.8 Å². The lowest BCUT2D eigenvalue weighted by Crippen LogP contribution is -2.55. The molecule has 2 aliphatic rings. The van der Waals surface area contributed by atoms with Gasteiger partial charge in [-0.2, -0.15) is 0 Å². The van der Waals surface area contributed by atoms with Gasteiger partial charge >= 0.3 is 5.97 Å². The Hall–Kier alpha value is -2.21. The summed E-state index contributed by atoms with van der Waals surface area (Å²) in [6.07, 6.45) is 0.375. The maximum absolute atomic E-state index is 12.9. The molecule has 0 aliphatic carbocycles.